The van der Waals surface area contributed by atoms with Gasteiger partial charge >= 0.3 is 5.97 Å². The molecule has 0 spiro atoms. The number of ketones is 1. The molecule has 0 radical (unpaired) electrons. The smallest absolute Gasteiger partial charge is 0.307 e. The van der Waals surface area contributed by atoms with Crippen molar-refractivity contribution < 1.29 is 23.6 Å². The van der Waals surface area contributed by atoms with Gasteiger partial charge in [0.1, 0.15) is 11.3 Å². The summed E-state index contributed by atoms with van der Waals surface area (Å²) >= 11 is 0. The van der Waals surface area contributed by atoms with E-state index < -0.39 is 5.97 Å². The molecule has 0 bridgehead atoms. The number of carbonyl (C=O) groups excluding carboxylic acids is 1. The normalized spacial score (nSPS) is 11.0. The van der Waals surface area contributed by atoms with Crippen molar-refractivity contribution in [2.45, 2.75) is 20.3 Å². The standard InChI is InChI=1S/C16H13NO5/c1-8-15(9(2)22-17-8)16(20)13-7-11-5-10(6-14(18)19)3-4-12(11)21-13/h3-5,7H,6H2,1-2H3,(H,18,19). The van der Waals surface area contributed by atoms with Crippen LogP contribution in [-0.4, -0.2) is 22.0 Å². The van der Waals surface area contributed by atoms with Gasteiger partial charge in [-0.25, -0.2) is 0 Å². The van der Waals surface area contributed by atoms with Crippen LogP contribution >= 0.6 is 0 Å². The lowest BCUT2D eigenvalue weighted by Crippen LogP contribution is -2.02. The molecule has 6 heteroatoms. The van der Waals surface area contributed by atoms with Crippen molar-refractivity contribution >= 4 is 22.7 Å². The average Bonchev–Trinajstić information content (AvgIpc) is 3.01. The summed E-state index contributed by atoms with van der Waals surface area (Å²) in [6, 6.07) is 6.65. The van der Waals surface area contributed by atoms with Crippen LogP contribution in [0.25, 0.3) is 11.0 Å². The summed E-state index contributed by atoms with van der Waals surface area (Å²) in [7, 11) is 0. The number of carboxylic acid groups (broad SMARTS) is 1. The molecule has 3 rings (SSSR count). The fourth-order valence-electron chi connectivity index (χ4n) is 2.42. The molecule has 0 saturated heterocycles. The van der Waals surface area contributed by atoms with Crippen LogP contribution in [0, 0.1) is 13.8 Å². The number of aromatic nitrogens is 1. The zero-order chi connectivity index (χ0) is 15.9. The van der Waals surface area contributed by atoms with E-state index in [-0.39, 0.29) is 18.0 Å². The van der Waals surface area contributed by atoms with Crippen LogP contribution in [-0.2, 0) is 11.2 Å². The molecule has 0 saturated carbocycles. The first-order chi connectivity index (χ1) is 10.5. The first-order valence-corrected chi connectivity index (χ1v) is 6.67. The van der Waals surface area contributed by atoms with Crippen molar-refractivity contribution in [2.75, 3.05) is 0 Å². The highest BCUT2D eigenvalue weighted by atomic mass is 16.5. The first kappa shape index (κ1) is 14.1. The topological polar surface area (TPSA) is 93.5 Å². The van der Waals surface area contributed by atoms with Crippen molar-refractivity contribution in [3.63, 3.8) is 0 Å². The predicted molar refractivity (Wildman–Crippen MR) is 77.0 cm³/mol. The van der Waals surface area contributed by atoms with Crippen molar-refractivity contribution in [1.82, 2.24) is 5.16 Å². The lowest BCUT2D eigenvalue weighted by atomic mass is 10.1. The Balaban J connectivity index is 2.01. The zero-order valence-corrected chi connectivity index (χ0v) is 12.0. The number of aryl methyl sites for hydroxylation is 2. The fourth-order valence-corrected chi connectivity index (χ4v) is 2.42. The van der Waals surface area contributed by atoms with Crippen LogP contribution in [0.5, 0.6) is 0 Å². The van der Waals surface area contributed by atoms with Gasteiger partial charge in [0.05, 0.1) is 17.7 Å². The van der Waals surface area contributed by atoms with Crippen LogP contribution in [0.3, 0.4) is 0 Å². The maximum atomic E-state index is 12.5. The third-order valence-electron chi connectivity index (χ3n) is 3.42. The number of benzene rings is 1. The fraction of sp³-hybridized carbons (Fsp3) is 0.188. The van der Waals surface area contributed by atoms with Crippen molar-refractivity contribution in [1.29, 1.82) is 0 Å². The third-order valence-corrected chi connectivity index (χ3v) is 3.42. The molecule has 0 amide bonds. The Hall–Kier alpha value is -2.89. The second kappa shape index (κ2) is 5.14. The second-order valence-corrected chi connectivity index (χ2v) is 5.08. The van der Waals surface area contributed by atoms with E-state index in [1.807, 2.05) is 0 Å². The summed E-state index contributed by atoms with van der Waals surface area (Å²) in [5.41, 5.74) is 2.08. The minimum absolute atomic E-state index is 0.0751. The number of fused-ring (bicyclic) bond motifs is 1. The number of hydrogen-bond acceptors (Lipinski definition) is 5. The SMILES string of the molecule is Cc1noc(C)c1C(=O)c1cc2cc(CC(=O)O)ccc2o1. The quantitative estimate of drug-likeness (QED) is 0.744. The highest BCUT2D eigenvalue weighted by Crippen LogP contribution is 2.25. The number of aliphatic carboxylic acids is 1. The minimum atomic E-state index is -0.908. The summed E-state index contributed by atoms with van der Waals surface area (Å²) in [5.74, 6) is -0.589. The molecule has 6 nitrogen and oxygen atoms in total. The molecule has 2 heterocycles. The Labute approximate surface area is 125 Å². The largest absolute Gasteiger partial charge is 0.481 e. The molecule has 0 aliphatic rings. The Morgan fingerprint density at radius 1 is 1.23 bits per heavy atom. The van der Waals surface area contributed by atoms with E-state index in [1.165, 1.54) is 0 Å². The maximum absolute atomic E-state index is 12.5. The number of furan rings is 1. The number of nitrogens with zero attached hydrogens (tertiary/aromatic N) is 1. The van der Waals surface area contributed by atoms with E-state index in [2.05, 4.69) is 5.16 Å². The monoisotopic (exact) mass is 299 g/mol. The molecule has 2 aromatic heterocycles. The van der Waals surface area contributed by atoms with Crippen LogP contribution < -0.4 is 0 Å². The van der Waals surface area contributed by atoms with Gasteiger partial charge in [-0.15, -0.1) is 0 Å². The van der Waals surface area contributed by atoms with Crippen LogP contribution in [0.15, 0.2) is 33.2 Å². The molecule has 0 unspecified atom stereocenters. The molecular formula is C16H13NO5. The van der Waals surface area contributed by atoms with Gasteiger partial charge in [-0.3, -0.25) is 9.59 Å². The predicted octanol–water partition coefficient (Wildman–Crippen LogP) is 2.90. The van der Waals surface area contributed by atoms with Crippen molar-refractivity contribution in [3.8, 4) is 0 Å². The van der Waals surface area contributed by atoms with Crippen LogP contribution in [0.2, 0.25) is 0 Å². The first-order valence-electron chi connectivity index (χ1n) is 6.67. The number of carboxylic acids is 1. The summed E-state index contributed by atoms with van der Waals surface area (Å²) < 4.78 is 10.6. The highest BCUT2D eigenvalue weighted by Gasteiger charge is 2.22. The van der Waals surface area contributed by atoms with Gasteiger partial charge in [0.15, 0.2) is 5.76 Å². The van der Waals surface area contributed by atoms with Gasteiger partial charge in [0, 0.05) is 5.39 Å². The second-order valence-electron chi connectivity index (χ2n) is 5.08. The maximum Gasteiger partial charge on any atom is 0.307 e. The van der Waals surface area contributed by atoms with Gasteiger partial charge in [-0.05, 0) is 37.6 Å². The Morgan fingerprint density at radius 3 is 2.64 bits per heavy atom. The van der Waals surface area contributed by atoms with E-state index in [0.29, 0.717) is 33.6 Å². The molecule has 0 atom stereocenters. The van der Waals surface area contributed by atoms with E-state index >= 15 is 0 Å². The summed E-state index contributed by atoms with van der Waals surface area (Å²) in [6.07, 6.45) is -0.0751. The Kier molecular flexibility index (Phi) is 3.29. The van der Waals surface area contributed by atoms with Crippen LogP contribution in [0.4, 0.5) is 0 Å². The average molecular weight is 299 g/mol. The van der Waals surface area contributed by atoms with Crippen molar-refractivity contribution in [2.24, 2.45) is 0 Å². The summed E-state index contributed by atoms with van der Waals surface area (Å²) in [6.45, 7) is 3.36. The molecule has 22 heavy (non-hydrogen) atoms. The zero-order valence-electron chi connectivity index (χ0n) is 12.0. The molecule has 0 aliphatic heterocycles. The van der Waals surface area contributed by atoms with E-state index in [4.69, 9.17) is 14.0 Å². The summed E-state index contributed by atoms with van der Waals surface area (Å²) in [4.78, 5) is 23.2. The van der Waals surface area contributed by atoms with Gasteiger partial charge < -0.3 is 14.0 Å². The minimum Gasteiger partial charge on any atom is -0.481 e. The highest BCUT2D eigenvalue weighted by molar-refractivity contribution is 6.10. The Bertz CT molecular complexity index is 868. The Morgan fingerprint density at radius 2 is 2.00 bits per heavy atom. The van der Waals surface area contributed by atoms with E-state index in [0.717, 1.165) is 0 Å². The van der Waals surface area contributed by atoms with Gasteiger partial charge in [-0.1, -0.05) is 11.2 Å². The molecule has 1 aromatic carbocycles. The molecule has 112 valence electrons. The van der Waals surface area contributed by atoms with E-state index in [9.17, 15) is 9.59 Å². The number of hydrogen-bond donors (Lipinski definition) is 1. The number of carbonyl (C=O) groups is 2. The third kappa shape index (κ3) is 2.39. The molecular weight excluding hydrogens is 286 g/mol. The lowest BCUT2D eigenvalue weighted by molar-refractivity contribution is -0.136. The van der Waals surface area contributed by atoms with E-state index in [1.54, 1.807) is 38.1 Å². The number of rotatable bonds is 4. The van der Waals surface area contributed by atoms with Gasteiger partial charge in [-0.2, -0.15) is 0 Å². The molecule has 1 N–H and O–H groups in total. The van der Waals surface area contributed by atoms with Crippen LogP contribution in [0.1, 0.15) is 33.1 Å². The molecule has 0 fully saturated rings. The molecule has 0 aliphatic carbocycles. The van der Waals surface area contributed by atoms with Gasteiger partial charge in [0.2, 0.25) is 5.78 Å². The lowest BCUT2D eigenvalue weighted by Gasteiger charge is -1.95. The molecule has 3 aromatic rings. The van der Waals surface area contributed by atoms with Gasteiger partial charge in [0.25, 0.3) is 0 Å². The summed E-state index contributed by atoms with van der Waals surface area (Å²) in [5, 5.41) is 13.3. The van der Waals surface area contributed by atoms with Crippen molar-refractivity contribution in [3.05, 3.63) is 52.6 Å².